The number of nitrogens with one attached hydrogen (secondary N) is 1. The molecule has 1 fully saturated rings. The molecule has 5 aromatic rings. The van der Waals surface area contributed by atoms with E-state index in [2.05, 4.69) is 75.8 Å². The van der Waals surface area contributed by atoms with Crippen LogP contribution in [0.4, 0.5) is 17.2 Å². The lowest BCUT2D eigenvalue weighted by Crippen LogP contribution is -2.24. The van der Waals surface area contributed by atoms with Gasteiger partial charge in [0, 0.05) is 31.6 Å². The van der Waals surface area contributed by atoms with Gasteiger partial charge in [-0.15, -0.1) is 0 Å². The maximum atomic E-state index is 7.02. The molecule has 1 aliphatic heterocycles. The van der Waals surface area contributed by atoms with Crippen molar-refractivity contribution >= 4 is 28.1 Å². The van der Waals surface area contributed by atoms with Gasteiger partial charge in [0.25, 0.3) is 0 Å². The van der Waals surface area contributed by atoms with E-state index >= 15 is 0 Å². The van der Waals surface area contributed by atoms with Crippen LogP contribution in [0.15, 0.2) is 97.1 Å². The Kier molecular flexibility index (Phi) is 9.13. The number of benzene rings is 4. The number of methoxy groups -OCH3 is 2. The fourth-order valence-corrected chi connectivity index (χ4v) is 5.95. The third kappa shape index (κ3) is 6.90. The van der Waals surface area contributed by atoms with Crippen LogP contribution in [0.2, 0.25) is 0 Å². The Labute approximate surface area is 260 Å². The van der Waals surface area contributed by atoms with Gasteiger partial charge >= 0.3 is 0 Å². The molecule has 7 heteroatoms. The highest BCUT2D eigenvalue weighted by atomic mass is 16.5. The third-order valence-electron chi connectivity index (χ3n) is 8.37. The average Bonchev–Trinajstić information content (AvgIpc) is 3.58. The Hall–Kier alpha value is -4.75. The molecule has 2 heterocycles. The van der Waals surface area contributed by atoms with Crippen molar-refractivity contribution in [2.24, 2.45) is 0 Å². The number of anilines is 3. The number of nitrogen functional groups attached to an aromatic ring is 1. The molecule has 3 N–H and O–H groups in total. The van der Waals surface area contributed by atoms with E-state index in [-0.39, 0.29) is 0 Å². The fourth-order valence-electron chi connectivity index (χ4n) is 5.95. The number of aromatic nitrogens is 1. The van der Waals surface area contributed by atoms with E-state index in [1.165, 1.54) is 37.1 Å². The van der Waals surface area contributed by atoms with Gasteiger partial charge in [0.1, 0.15) is 11.5 Å². The van der Waals surface area contributed by atoms with Crippen LogP contribution >= 0.6 is 0 Å². The molecule has 6 rings (SSSR count). The van der Waals surface area contributed by atoms with Crippen molar-refractivity contribution in [2.45, 2.75) is 39.0 Å². The van der Waals surface area contributed by atoms with E-state index < -0.39 is 0 Å². The first kappa shape index (κ1) is 29.3. The van der Waals surface area contributed by atoms with Gasteiger partial charge in [0.2, 0.25) is 0 Å². The Morgan fingerprint density at radius 1 is 0.727 bits per heavy atom. The molecule has 0 atom stereocenters. The monoisotopic (exact) mass is 587 g/mol. The maximum absolute atomic E-state index is 7.02. The minimum absolute atomic E-state index is 0.635. The largest absolute Gasteiger partial charge is 0.497 e. The van der Waals surface area contributed by atoms with Crippen molar-refractivity contribution in [1.29, 1.82) is 0 Å². The normalized spacial score (nSPS) is 13.2. The van der Waals surface area contributed by atoms with Crippen LogP contribution < -0.4 is 25.4 Å². The topological polar surface area (TPSA) is 75.9 Å². The zero-order valence-electron chi connectivity index (χ0n) is 25.6. The van der Waals surface area contributed by atoms with Crippen molar-refractivity contribution < 1.29 is 9.47 Å². The van der Waals surface area contributed by atoms with Crippen LogP contribution in [0.5, 0.6) is 11.5 Å². The highest BCUT2D eigenvalue weighted by Gasteiger charge is 2.20. The SMILES string of the molecule is COc1ccc(CN(Cc2ccc(OC)cc2)c2c(N)c(NCc3ccc(CN4CCCC4)cc3)nc3ccccc23)cc1. The Morgan fingerprint density at radius 2 is 1.27 bits per heavy atom. The lowest BCUT2D eigenvalue weighted by Gasteiger charge is -2.29. The van der Waals surface area contributed by atoms with Crippen molar-refractivity contribution in [1.82, 2.24) is 9.88 Å². The molecule has 1 aromatic heterocycles. The van der Waals surface area contributed by atoms with E-state index in [1.54, 1.807) is 14.2 Å². The second-order valence-corrected chi connectivity index (χ2v) is 11.4. The Morgan fingerprint density at radius 3 is 1.86 bits per heavy atom. The van der Waals surface area contributed by atoms with E-state index in [1.807, 2.05) is 36.4 Å². The summed E-state index contributed by atoms with van der Waals surface area (Å²) in [4.78, 5) is 9.84. The first-order valence-electron chi connectivity index (χ1n) is 15.3. The molecule has 0 bridgehead atoms. The number of fused-ring (bicyclic) bond motifs is 1. The van der Waals surface area contributed by atoms with E-state index in [9.17, 15) is 0 Å². The van der Waals surface area contributed by atoms with Gasteiger partial charge in [-0.2, -0.15) is 0 Å². The standard InChI is InChI=1S/C37H41N5O2/c1-43-31-17-13-29(14-18-31)25-42(26-30-15-19-32(44-2)20-16-30)36-33-7-3-4-8-34(33)40-37(35(36)38)39-23-27-9-11-28(12-10-27)24-41-21-5-6-22-41/h3-4,7-20H,5-6,21-26,38H2,1-2H3,(H,39,40). The minimum Gasteiger partial charge on any atom is -0.497 e. The summed E-state index contributed by atoms with van der Waals surface area (Å²) in [5, 5.41) is 4.58. The molecule has 0 aliphatic carbocycles. The smallest absolute Gasteiger partial charge is 0.152 e. The molecule has 0 amide bonds. The summed E-state index contributed by atoms with van der Waals surface area (Å²) in [6.07, 6.45) is 2.61. The summed E-state index contributed by atoms with van der Waals surface area (Å²) in [5.41, 5.74) is 14.4. The van der Waals surface area contributed by atoms with Crippen molar-refractivity contribution in [2.75, 3.05) is 43.3 Å². The highest BCUT2D eigenvalue weighted by Crippen LogP contribution is 2.38. The summed E-state index contributed by atoms with van der Waals surface area (Å²) in [6.45, 7) is 5.38. The molecule has 44 heavy (non-hydrogen) atoms. The lowest BCUT2D eigenvalue weighted by molar-refractivity contribution is 0.331. The molecule has 0 unspecified atom stereocenters. The van der Waals surface area contributed by atoms with E-state index in [0.29, 0.717) is 31.1 Å². The number of ether oxygens (including phenoxy) is 2. The molecular weight excluding hydrogens is 546 g/mol. The second-order valence-electron chi connectivity index (χ2n) is 11.4. The van der Waals surface area contributed by atoms with Gasteiger partial charge in [-0.1, -0.05) is 66.7 Å². The van der Waals surface area contributed by atoms with Crippen molar-refractivity contribution in [3.8, 4) is 11.5 Å². The number of nitrogens with two attached hydrogens (primary N) is 1. The number of pyridine rings is 1. The van der Waals surface area contributed by atoms with Gasteiger partial charge in [-0.25, -0.2) is 4.98 Å². The Balaban J connectivity index is 1.31. The zero-order valence-corrected chi connectivity index (χ0v) is 25.6. The van der Waals surface area contributed by atoms with Crippen molar-refractivity contribution in [3.05, 3.63) is 119 Å². The first-order valence-corrected chi connectivity index (χ1v) is 15.3. The molecule has 0 saturated carbocycles. The minimum atomic E-state index is 0.635. The van der Waals surface area contributed by atoms with Crippen LogP contribution in [-0.4, -0.2) is 37.2 Å². The van der Waals surface area contributed by atoms with Crippen molar-refractivity contribution in [3.63, 3.8) is 0 Å². The zero-order chi connectivity index (χ0) is 30.3. The van der Waals surface area contributed by atoms with E-state index in [4.69, 9.17) is 20.2 Å². The first-order chi connectivity index (χ1) is 21.6. The molecule has 0 spiro atoms. The number of nitrogens with zero attached hydrogens (tertiary/aromatic N) is 3. The number of hydrogen-bond acceptors (Lipinski definition) is 7. The fraction of sp³-hybridized carbons (Fsp3) is 0.270. The molecule has 226 valence electrons. The number of rotatable bonds is 12. The summed E-state index contributed by atoms with van der Waals surface area (Å²) < 4.78 is 10.8. The summed E-state index contributed by atoms with van der Waals surface area (Å²) in [6, 6.07) is 33.5. The van der Waals surface area contributed by atoms with E-state index in [0.717, 1.165) is 45.8 Å². The highest BCUT2D eigenvalue weighted by molar-refractivity contribution is 6.01. The van der Waals surface area contributed by atoms with Crippen LogP contribution in [0.3, 0.4) is 0 Å². The number of likely N-dealkylation sites (tertiary alicyclic amines) is 1. The molecule has 1 aliphatic rings. The predicted octanol–water partition coefficient (Wildman–Crippen LogP) is 7.25. The lowest BCUT2D eigenvalue weighted by atomic mass is 10.1. The summed E-state index contributed by atoms with van der Waals surface area (Å²) >= 11 is 0. The van der Waals surface area contributed by atoms with Gasteiger partial charge in [-0.3, -0.25) is 4.90 Å². The Bertz CT molecular complexity index is 1610. The average molecular weight is 588 g/mol. The quantitative estimate of drug-likeness (QED) is 0.159. The van der Waals surface area contributed by atoms with Crippen LogP contribution in [0, 0.1) is 0 Å². The van der Waals surface area contributed by atoms with Gasteiger partial charge in [0.05, 0.1) is 31.1 Å². The van der Waals surface area contributed by atoms with Crippen LogP contribution in [0.25, 0.3) is 10.9 Å². The number of para-hydroxylation sites is 1. The van der Waals surface area contributed by atoms with Crippen LogP contribution in [0.1, 0.15) is 35.1 Å². The van der Waals surface area contributed by atoms with Gasteiger partial charge in [-0.05, 0) is 78.5 Å². The molecular formula is C37H41N5O2. The maximum Gasteiger partial charge on any atom is 0.152 e. The van der Waals surface area contributed by atoms with Gasteiger partial charge in [0.15, 0.2) is 5.82 Å². The molecule has 1 saturated heterocycles. The molecule has 4 aromatic carbocycles. The van der Waals surface area contributed by atoms with Gasteiger partial charge < -0.3 is 25.4 Å². The second kappa shape index (κ2) is 13.7. The number of hydrogen-bond donors (Lipinski definition) is 2. The molecule has 0 radical (unpaired) electrons. The third-order valence-corrected chi connectivity index (χ3v) is 8.37. The predicted molar refractivity (Wildman–Crippen MR) is 180 cm³/mol. The summed E-state index contributed by atoms with van der Waals surface area (Å²) in [7, 11) is 3.37. The molecule has 7 nitrogen and oxygen atoms in total. The van der Waals surface area contributed by atoms with Crippen LogP contribution in [-0.2, 0) is 26.2 Å². The summed E-state index contributed by atoms with van der Waals surface area (Å²) in [5.74, 6) is 2.36.